The third kappa shape index (κ3) is 4.50. The molecule has 1 aliphatic carbocycles. The normalized spacial score (nSPS) is 17.7. The topological polar surface area (TPSA) is 41.6 Å². The van der Waals surface area contributed by atoms with Gasteiger partial charge in [-0.05, 0) is 78.1 Å². The standard InChI is InChI=1S/C26H24F2N2O2/c27-19-4-9-23(10-5-19)32-22-7-1-17(2-8-22)13-26(31)30-15-21(16-30)29-25-12-3-18-14-20(28)6-11-24(18)25/h1-2,4-11,14,21,25,29H,3,12-13,15-16H2. The number of aryl methyl sites for hydroxylation is 1. The summed E-state index contributed by atoms with van der Waals surface area (Å²) in [5, 5.41) is 3.62. The van der Waals surface area contributed by atoms with Crippen LogP contribution in [0.5, 0.6) is 11.5 Å². The van der Waals surface area contributed by atoms with Crippen molar-refractivity contribution in [3.8, 4) is 11.5 Å². The summed E-state index contributed by atoms with van der Waals surface area (Å²) in [6.07, 6.45) is 2.20. The van der Waals surface area contributed by atoms with E-state index in [1.54, 1.807) is 18.2 Å². The molecule has 0 bridgehead atoms. The van der Waals surface area contributed by atoms with Crippen LogP contribution in [0.1, 0.15) is 29.2 Å². The van der Waals surface area contributed by atoms with Gasteiger partial charge in [0.05, 0.1) is 6.42 Å². The number of hydrogen-bond donors (Lipinski definition) is 1. The van der Waals surface area contributed by atoms with Crippen molar-refractivity contribution in [2.75, 3.05) is 13.1 Å². The van der Waals surface area contributed by atoms with Crippen molar-refractivity contribution in [1.29, 1.82) is 0 Å². The first-order valence-electron chi connectivity index (χ1n) is 10.9. The van der Waals surface area contributed by atoms with E-state index in [2.05, 4.69) is 5.32 Å². The highest BCUT2D eigenvalue weighted by molar-refractivity contribution is 5.79. The molecule has 1 heterocycles. The molecule has 1 aliphatic heterocycles. The lowest BCUT2D eigenvalue weighted by atomic mass is 10.0. The number of likely N-dealkylation sites (tertiary alicyclic amines) is 1. The van der Waals surface area contributed by atoms with E-state index in [9.17, 15) is 13.6 Å². The highest BCUT2D eigenvalue weighted by Crippen LogP contribution is 2.32. The second-order valence-electron chi connectivity index (χ2n) is 8.47. The number of ether oxygens (including phenoxy) is 1. The van der Waals surface area contributed by atoms with Crippen LogP contribution in [-0.2, 0) is 17.6 Å². The van der Waals surface area contributed by atoms with Gasteiger partial charge in [-0.15, -0.1) is 0 Å². The van der Waals surface area contributed by atoms with Crippen molar-refractivity contribution in [2.45, 2.75) is 31.3 Å². The third-order valence-electron chi connectivity index (χ3n) is 6.18. The first-order valence-corrected chi connectivity index (χ1v) is 10.9. The zero-order chi connectivity index (χ0) is 22.1. The highest BCUT2D eigenvalue weighted by Gasteiger charge is 2.33. The summed E-state index contributed by atoms with van der Waals surface area (Å²) < 4.78 is 32.1. The Labute approximate surface area is 185 Å². The van der Waals surface area contributed by atoms with Gasteiger partial charge in [-0.1, -0.05) is 18.2 Å². The Hall–Kier alpha value is -3.25. The summed E-state index contributed by atoms with van der Waals surface area (Å²) in [5.74, 6) is 0.809. The molecule has 32 heavy (non-hydrogen) atoms. The molecule has 3 aromatic carbocycles. The predicted octanol–water partition coefficient (Wildman–Crippen LogP) is 4.79. The lowest BCUT2D eigenvalue weighted by Crippen LogP contribution is -2.60. The molecule has 0 aromatic heterocycles. The molecule has 1 unspecified atom stereocenters. The SMILES string of the molecule is O=C(Cc1ccc(Oc2ccc(F)cc2)cc1)N1CC(NC2CCc3cc(F)ccc32)C1. The summed E-state index contributed by atoms with van der Waals surface area (Å²) in [4.78, 5) is 14.5. The van der Waals surface area contributed by atoms with Gasteiger partial charge in [0.25, 0.3) is 0 Å². The number of amides is 1. The van der Waals surface area contributed by atoms with Gasteiger partial charge in [0, 0.05) is 25.2 Å². The van der Waals surface area contributed by atoms with Crippen LogP contribution in [-0.4, -0.2) is 29.9 Å². The lowest BCUT2D eigenvalue weighted by molar-refractivity contribution is -0.135. The minimum Gasteiger partial charge on any atom is -0.457 e. The Balaban J connectivity index is 1.09. The van der Waals surface area contributed by atoms with Crippen LogP contribution < -0.4 is 10.1 Å². The van der Waals surface area contributed by atoms with E-state index in [1.807, 2.05) is 35.2 Å². The van der Waals surface area contributed by atoms with E-state index in [1.165, 1.54) is 23.8 Å². The minimum atomic E-state index is -0.307. The second-order valence-corrected chi connectivity index (χ2v) is 8.47. The van der Waals surface area contributed by atoms with E-state index < -0.39 is 0 Å². The molecule has 2 aliphatic rings. The van der Waals surface area contributed by atoms with Crippen LogP contribution in [0.3, 0.4) is 0 Å². The maximum atomic E-state index is 13.4. The van der Waals surface area contributed by atoms with Crippen LogP contribution >= 0.6 is 0 Å². The number of carbonyl (C=O) groups excluding carboxylic acids is 1. The third-order valence-corrected chi connectivity index (χ3v) is 6.18. The van der Waals surface area contributed by atoms with Crippen molar-refractivity contribution in [1.82, 2.24) is 10.2 Å². The van der Waals surface area contributed by atoms with Gasteiger partial charge in [0.1, 0.15) is 23.1 Å². The molecule has 1 saturated heterocycles. The number of nitrogens with zero attached hydrogens (tertiary/aromatic N) is 1. The van der Waals surface area contributed by atoms with Gasteiger partial charge < -0.3 is 15.0 Å². The number of hydrogen-bond acceptors (Lipinski definition) is 3. The average Bonchev–Trinajstić information content (AvgIpc) is 3.15. The quantitative estimate of drug-likeness (QED) is 0.607. The van der Waals surface area contributed by atoms with Crippen molar-refractivity contribution in [3.05, 3.63) is 95.1 Å². The van der Waals surface area contributed by atoms with Crippen molar-refractivity contribution < 1.29 is 18.3 Å². The molecule has 3 aromatic rings. The molecule has 1 atom stereocenters. The largest absolute Gasteiger partial charge is 0.457 e. The number of fused-ring (bicyclic) bond motifs is 1. The Kier molecular flexibility index (Phi) is 5.62. The summed E-state index contributed by atoms with van der Waals surface area (Å²) in [6, 6.07) is 18.8. The maximum Gasteiger partial charge on any atom is 0.227 e. The van der Waals surface area contributed by atoms with E-state index in [0.29, 0.717) is 31.0 Å². The van der Waals surface area contributed by atoms with Gasteiger partial charge in [0.15, 0.2) is 0 Å². The zero-order valence-electron chi connectivity index (χ0n) is 17.6. The van der Waals surface area contributed by atoms with Gasteiger partial charge in [-0.25, -0.2) is 8.78 Å². The predicted molar refractivity (Wildman–Crippen MR) is 118 cm³/mol. The highest BCUT2D eigenvalue weighted by atomic mass is 19.1. The number of benzene rings is 3. The molecule has 6 heteroatoms. The first kappa shape index (κ1) is 20.6. The smallest absolute Gasteiger partial charge is 0.227 e. The van der Waals surface area contributed by atoms with Gasteiger partial charge in [0.2, 0.25) is 5.91 Å². The van der Waals surface area contributed by atoms with Crippen LogP contribution in [0.15, 0.2) is 66.7 Å². The molecule has 4 nitrogen and oxygen atoms in total. The molecule has 1 amide bonds. The van der Waals surface area contributed by atoms with E-state index in [0.717, 1.165) is 24.0 Å². The molecule has 0 radical (unpaired) electrons. The van der Waals surface area contributed by atoms with Gasteiger partial charge in [-0.3, -0.25) is 4.79 Å². The fourth-order valence-corrected chi connectivity index (χ4v) is 4.43. The summed E-state index contributed by atoms with van der Waals surface area (Å²) in [6.45, 7) is 1.38. The Bertz CT molecular complexity index is 1110. The van der Waals surface area contributed by atoms with Crippen molar-refractivity contribution in [2.24, 2.45) is 0 Å². The van der Waals surface area contributed by atoms with Crippen molar-refractivity contribution >= 4 is 5.91 Å². The average molecular weight is 434 g/mol. The summed E-state index contributed by atoms with van der Waals surface area (Å²) in [7, 11) is 0. The van der Waals surface area contributed by atoms with Gasteiger partial charge in [-0.2, -0.15) is 0 Å². The van der Waals surface area contributed by atoms with Crippen molar-refractivity contribution in [3.63, 3.8) is 0 Å². The number of carbonyl (C=O) groups is 1. The number of nitrogens with one attached hydrogen (secondary N) is 1. The van der Waals surface area contributed by atoms with Crippen LogP contribution in [0.4, 0.5) is 8.78 Å². The molecule has 1 fully saturated rings. The fourth-order valence-electron chi connectivity index (χ4n) is 4.43. The molecule has 0 saturated carbocycles. The Morgan fingerprint density at radius 2 is 1.59 bits per heavy atom. The Morgan fingerprint density at radius 3 is 2.31 bits per heavy atom. The minimum absolute atomic E-state index is 0.101. The molecular formula is C26H24F2N2O2. The van der Waals surface area contributed by atoms with Crippen LogP contribution in [0, 0.1) is 11.6 Å². The molecule has 164 valence electrons. The second kappa shape index (κ2) is 8.71. The first-order chi connectivity index (χ1) is 15.5. The molecule has 5 rings (SSSR count). The monoisotopic (exact) mass is 434 g/mol. The van der Waals surface area contributed by atoms with Crippen LogP contribution in [0.2, 0.25) is 0 Å². The Morgan fingerprint density at radius 1 is 0.938 bits per heavy atom. The maximum absolute atomic E-state index is 13.4. The van der Waals surface area contributed by atoms with Gasteiger partial charge >= 0.3 is 0 Å². The van der Waals surface area contributed by atoms with E-state index in [-0.39, 0.29) is 29.6 Å². The molecule has 1 N–H and O–H groups in total. The number of halogens is 2. The molecular weight excluding hydrogens is 410 g/mol. The summed E-state index contributed by atoms with van der Waals surface area (Å²) in [5.41, 5.74) is 3.19. The summed E-state index contributed by atoms with van der Waals surface area (Å²) >= 11 is 0. The fraction of sp³-hybridized carbons (Fsp3) is 0.269. The van der Waals surface area contributed by atoms with E-state index in [4.69, 9.17) is 4.74 Å². The van der Waals surface area contributed by atoms with Crippen LogP contribution in [0.25, 0.3) is 0 Å². The molecule has 0 spiro atoms. The van der Waals surface area contributed by atoms with E-state index >= 15 is 0 Å². The lowest BCUT2D eigenvalue weighted by Gasteiger charge is -2.41. The zero-order valence-corrected chi connectivity index (χ0v) is 17.6. The number of rotatable bonds is 6.